The van der Waals surface area contributed by atoms with Crippen molar-refractivity contribution in [1.29, 1.82) is 5.26 Å². The lowest BCUT2D eigenvalue weighted by molar-refractivity contribution is 0.827. The summed E-state index contributed by atoms with van der Waals surface area (Å²) in [6.07, 6.45) is 1.02. The number of benzene rings is 1. The first-order valence-corrected chi connectivity index (χ1v) is 5.23. The van der Waals surface area contributed by atoms with Crippen LogP contribution in [0.3, 0.4) is 0 Å². The third kappa shape index (κ3) is 1.41. The van der Waals surface area contributed by atoms with Gasteiger partial charge in [0.15, 0.2) is 0 Å². The molecule has 0 unspecified atom stereocenters. The molecular formula is C13H14N2. The molecule has 2 nitrogen and oxygen atoms in total. The molecule has 2 heteroatoms. The molecule has 0 atom stereocenters. The Morgan fingerprint density at radius 1 is 1.33 bits per heavy atom. The predicted molar refractivity (Wildman–Crippen MR) is 61.7 cm³/mol. The molecule has 0 saturated heterocycles. The topological polar surface area (TPSA) is 28.7 Å². The lowest BCUT2D eigenvalue weighted by Crippen LogP contribution is -1.98. The fraction of sp³-hybridized carbons (Fsp3) is 0.308. The van der Waals surface area contributed by atoms with Gasteiger partial charge in [-0.25, -0.2) is 0 Å². The van der Waals surface area contributed by atoms with E-state index in [9.17, 15) is 0 Å². The molecule has 0 spiro atoms. The highest BCUT2D eigenvalue weighted by Gasteiger charge is 2.10. The van der Waals surface area contributed by atoms with E-state index < -0.39 is 0 Å². The van der Waals surface area contributed by atoms with Crippen molar-refractivity contribution in [3.8, 4) is 6.07 Å². The minimum Gasteiger partial charge on any atom is -0.331 e. The maximum atomic E-state index is 8.81. The molecule has 0 bridgehead atoms. The minimum absolute atomic E-state index is 0.437. The van der Waals surface area contributed by atoms with Gasteiger partial charge in [0.2, 0.25) is 0 Å². The smallest absolute Gasteiger partial charge is 0.110 e. The normalized spacial score (nSPS) is 10.5. The second-order valence-electron chi connectivity index (χ2n) is 3.68. The van der Waals surface area contributed by atoms with E-state index in [1.54, 1.807) is 0 Å². The van der Waals surface area contributed by atoms with Gasteiger partial charge in [-0.15, -0.1) is 0 Å². The number of rotatable bonds is 2. The molecule has 0 saturated carbocycles. The Morgan fingerprint density at radius 3 is 2.73 bits per heavy atom. The van der Waals surface area contributed by atoms with Gasteiger partial charge in [0.05, 0.1) is 6.07 Å². The Morgan fingerprint density at radius 2 is 2.07 bits per heavy atom. The minimum atomic E-state index is 0.437. The van der Waals surface area contributed by atoms with Gasteiger partial charge >= 0.3 is 0 Å². The molecule has 0 aliphatic carbocycles. The number of hydrogen-bond acceptors (Lipinski definition) is 1. The number of aryl methyl sites for hydroxylation is 1. The van der Waals surface area contributed by atoms with Gasteiger partial charge in [-0.3, -0.25) is 0 Å². The molecule has 0 radical (unpaired) electrons. The van der Waals surface area contributed by atoms with Crippen LogP contribution in [0.1, 0.15) is 18.2 Å². The number of aromatic nitrogens is 1. The third-order valence-corrected chi connectivity index (χ3v) is 2.94. The van der Waals surface area contributed by atoms with Gasteiger partial charge in [-0.1, -0.05) is 25.1 Å². The van der Waals surface area contributed by atoms with Crippen LogP contribution >= 0.6 is 0 Å². The van der Waals surface area contributed by atoms with Crippen LogP contribution in [0, 0.1) is 18.3 Å². The molecule has 2 aromatic rings. The number of hydrogen-bond donors (Lipinski definition) is 0. The summed E-state index contributed by atoms with van der Waals surface area (Å²) < 4.78 is 2.09. The predicted octanol–water partition coefficient (Wildman–Crippen LogP) is 3.04. The molecule has 0 aliphatic rings. The maximum absolute atomic E-state index is 8.81. The molecule has 0 fully saturated rings. The quantitative estimate of drug-likeness (QED) is 0.729. The maximum Gasteiger partial charge on any atom is 0.110 e. The molecular weight excluding hydrogens is 184 g/mol. The first-order chi connectivity index (χ1) is 7.29. The van der Waals surface area contributed by atoms with Crippen molar-refractivity contribution < 1.29 is 0 Å². The summed E-state index contributed by atoms with van der Waals surface area (Å²) in [5.74, 6) is 0. The van der Waals surface area contributed by atoms with Crippen LogP contribution in [0.15, 0.2) is 24.3 Å². The summed E-state index contributed by atoms with van der Waals surface area (Å²) in [5.41, 5.74) is 3.76. The van der Waals surface area contributed by atoms with Crippen molar-refractivity contribution in [2.45, 2.75) is 26.8 Å². The van der Waals surface area contributed by atoms with Crippen LogP contribution in [0.5, 0.6) is 0 Å². The highest BCUT2D eigenvalue weighted by molar-refractivity contribution is 5.85. The zero-order valence-electron chi connectivity index (χ0n) is 9.12. The molecule has 15 heavy (non-hydrogen) atoms. The van der Waals surface area contributed by atoms with Crippen molar-refractivity contribution in [2.24, 2.45) is 0 Å². The Hall–Kier alpha value is -1.75. The lowest BCUT2D eigenvalue weighted by atomic mass is 10.1. The Bertz CT molecular complexity index is 529. The number of nitriles is 1. The number of nitrogens with zero attached hydrogens (tertiary/aromatic N) is 2. The largest absolute Gasteiger partial charge is 0.331 e. The molecule has 0 N–H and O–H groups in total. The van der Waals surface area contributed by atoms with Crippen LogP contribution in [-0.4, -0.2) is 4.57 Å². The van der Waals surface area contributed by atoms with Gasteiger partial charge in [0.25, 0.3) is 0 Å². The second kappa shape index (κ2) is 3.78. The van der Waals surface area contributed by atoms with Gasteiger partial charge in [-0.2, -0.15) is 5.26 Å². The first-order valence-electron chi connectivity index (χ1n) is 5.23. The standard InChI is InChI=1S/C13H14N2/c1-3-11-10(2)15(9-8-14)13-7-5-4-6-12(11)13/h4-7H,3,9H2,1-2H3. The van der Waals surface area contributed by atoms with Crippen LogP contribution < -0.4 is 0 Å². The summed E-state index contributed by atoms with van der Waals surface area (Å²) in [6.45, 7) is 4.69. The van der Waals surface area contributed by atoms with Crippen LogP contribution in [0.4, 0.5) is 0 Å². The molecule has 76 valence electrons. The van der Waals surface area contributed by atoms with Gasteiger partial charge in [-0.05, 0) is 25.0 Å². The van der Waals surface area contributed by atoms with E-state index in [0.29, 0.717) is 6.54 Å². The van der Waals surface area contributed by atoms with E-state index in [-0.39, 0.29) is 0 Å². The first kappa shape index (κ1) is 9.79. The van der Waals surface area contributed by atoms with E-state index in [0.717, 1.165) is 6.42 Å². The Kier molecular flexibility index (Phi) is 2.47. The molecule has 1 aromatic heterocycles. The zero-order chi connectivity index (χ0) is 10.8. The van der Waals surface area contributed by atoms with Crippen molar-refractivity contribution in [2.75, 3.05) is 0 Å². The van der Waals surface area contributed by atoms with Gasteiger partial charge < -0.3 is 4.57 Å². The second-order valence-corrected chi connectivity index (χ2v) is 3.68. The van der Waals surface area contributed by atoms with Crippen molar-refractivity contribution >= 4 is 10.9 Å². The van der Waals surface area contributed by atoms with E-state index in [1.807, 2.05) is 6.07 Å². The van der Waals surface area contributed by atoms with Gasteiger partial charge in [0.1, 0.15) is 6.54 Å². The monoisotopic (exact) mass is 198 g/mol. The fourth-order valence-corrected chi connectivity index (χ4v) is 2.22. The highest BCUT2D eigenvalue weighted by atomic mass is 15.0. The molecule has 2 rings (SSSR count). The summed E-state index contributed by atoms with van der Waals surface area (Å²) >= 11 is 0. The van der Waals surface area contributed by atoms with Crippen molar-refractivity contribution in [3.63, 3.8) is 0 Å². The SMILES string of the molecule is CCc1c(C)n(CC#N)c2ccccc12. The summed E-state index contributed by atoms with van der Waals surface area (Å²) in [5, 5.41) is 10.1. The van der Waals surface area contributed by atoms with Crippen LogP contribution in [0.25, 0.3) is 10.9 Å². The summed E-state index contributed by atoms with van der Waals surface area (Å²) in [4.78, 5) is 0. The molecule has 1 aromatic carbocycles. The molecule has 0 aliphatic heterocycles. The van der Waals surface area contributed by atoms with Crippen LogP contribution in [0.2, 0.25) is 0 Å². The average molecular weight is 198 g/mol. The van der Waals surface area contributed by atoms with Gasteiger partial charge in [0, 0.05) is 16.6 Å². The van der Waals surface area contributed by atoms with E-state index in [4.69, 9.17) is 5.26 Å². The lowest BCUT2D eigenvalue weighted by Gasteiger charge is -2.01. The average Bonchev–Trinajstić information content (AvgIpc) is 2.53. The van der Waals surface area contributed by atoms with Crippen molar-refractivity contribution in [3.05, 3.63) is 35.5 Å². The Balaban J connectivity index is 2.80. The van der Waals surface area contributed by atoms with Crippen LogP contribution in [-0.2, 0) is 13.0 Å². The third-order valence-electron chi connectivity index (χ3n) is 2.94. The Labute approximate surface area is 89.7 Å². The summed E-state index contributed by atoms with van der Waals surface area (Å²) in [7, 11) is 0. The molecule has 0 amide bonds. The van der Waals surface area contributed by atoms with E-state index >= 15 is 0 Å². The van der Waals surface area contributed by atoms with Crippen molar-refractivity contribution in [1.82, 2.24) is 4.57 Å². The molecule has 1 heterocycles. The fourth-order valence-electron chi connectivity index (χ4n) is 2.22. The zero-order valence-corrected chi connectivity index (χ0v) is 9.12. The van der Waals surface area contributed by atoms with E-state index in [2.05, 4.69) is 42.7 Å². The van der Waals surface area contributed by atoms with E-state index in [1.165, 1.54) is 22.2 Å². The highest BCUT2D eigenvalue weighted by Crippen LogP contribution is 2.25. The number of fused-ring (bicyclic) bond motifs is 1. The number of para-hydroxylation sites is 1. The summed E-state index contributed by atoms with van der Waals surface area (Å²) in [6, 6.07) is 10.5.